The minimum Gasteiger partial charge on any atom is -0.366 e. The van der Waals surface area contributed by atoms with Gasteiger partial charge < -0.3 is 5.73 Å². The van der Waals surface area contributed by atoms with Crippen LogP contribution >= 0.6 is 11.6 Å². The Bertz CT molecular complexity index is 780. The van der Waals surface area contributed by atoms with Crippen molar-refractivity contribution in [2.24, 2.45) is 5.73 Å². The third-order valence-corrected chi connectivity index (χ3v) is 3.30. The molecule has 0 aliphatic heterocycles. The minimum atomic E-state index is -0.408. The standard InChI is InChI=1S/C15H10ClNO/c16-12-5-4-9-8-14-10(6-11(9)7-12)2-1-3-13(14)15(17)18/h1-8H,(H2,17,18). The number of benzene rings is 3. The zero-order chi connectivity index (χ0) is 12.7. The Kier molecular flexibility index (Phi) is 2.46. The third kappa shape index (κ3) is 1.71. The minimum absolute atomic E-state index is 0.408. The second kappa shape index (κ2) is 4.00. The van der Waals surface area contributed by atoms with Crippen molar-refractivity contribution in [3.05, 3.63) is 59.1 Å². The molecule has 1 amide bonds. The molecule has 18 heavy (non-hydrogen) atoms. The Morgan fingerprint density at radius 1 is 0.944 bits per heavy atom. The monoisotopic (exact) mass is 255 g/mol. The van der Waals surface area contributed by atoms with Gasteiger partial charge in [0, 0.05) is 10.6 Å². The highest BCUT2D eigenvalue weighted by atomic mass is 35.5. The molecule has 2 nitrogen and oxygen atoms in total. The molecule has 0 aromatic heterocycles. The number of hydrogen-bond donors (Lipinski definition) is 1. The van der Waals surface area contributed by atoms with Crippen LogP contribution in [0, 0.1) is 0 Å². The highest BCUT2D eigenvalue weighted by Crippen LogP contribution is 2.27. The van der Waals surface area contributed by atoms with Crippen LogP contribution in [0.4, 0.5) is 0 Å². The van der Waals surface area contributed by atoms with E-state index in [9.17, 15) is 4.79 Å². The van der Waals surface area contributed by atoms with Crippen molar-refractivity contribution < 1.29 is 4.79 Å². The molecule has 3 aromatic carbocycles. The lowest BCUT2D eigenvalue weighted by Crippen LogP contribution is -2.11. The SMILES string of the molecule is NC(=O)c1cccc2cc3cc(Cl)ccc3cc12. The summed E-state index contributed by atoms with van der Waals surface area (Å²) in [5.74, 6) is -0.408. The summed E-state index contributed by atoms with van der Waals surface area (Å²) in [5.41, 5.74) is 5.93. The lowest BCUT2D eigenvalue weighted by molar-refractivity contribution is 0.100. The van der Waals surface area contributed by atoms with Gasteiger partial charge in [0.1, 0.15) is 0 Å². The smallest absolute Gasteiger partial charge is 0.249 e. The number of fused-ring (bicyclic) bond motifs is 2. The fourth-order valence-electron chi connectivity index (χ4n) is 2.21. The quantitative estimate of drug-likeness (QED) is 0.661. The van der Waals surface area contributed by atoms with E-state index in [1.165, 1.54) is 0 Å². The van der Waals surface area contributed by atoms with E-state index in [0.717, 1.165) is 21.5 Å². The van der Waals surface area contributed by atoms with E-state index in [0.29, 0.717) is 10.6 Å². The Labute approximate surface area is 109 Å². The number of nitrogens with two attached hydrogens (primary N) is 1. The first kappa shape index (κ1) is 11.1. The van der Waals surface area contributed by atoms with E-state index < -0.39 is 5.91 Å². The summed E-state index contributed by atoms with van der Waals surface area (Å²) >= 11 is 5.98. The summed E-state index contributed by atoms with van der Waals surface area (Å²) in [6, 6.07) is 15.2. The number of rotatable bonds is 1. The molecule has 0 saturated carbocycles. The first-order valence-electron chi connectivity index (χ1n) is 5.57. The van der Waals surface area contributed by atoms with E-state index >= 15 is 0 Å². The van der Waals surface area contributed by atoms with Gasteiger partial charge in [-0.1, -0.05) is 29.8 Å². The van der Waals surface area contributed by atoms with Gasteiger partial charge >= 0.3 is 0 Å². The predicted molar refractivity (Wildman–Crippen MR) is 75.0 cm³/mol. The molecule has 0 atom stereocenters. The van der Waals surface area contributed by atoms with E-state index in [-0.39, 0.29) is 0 Å². The Morgan fingerprint density at radius 3 is 2.56 bits per heavy atom. The topological polar surface area (TPSA) is 43.1 Å². The summed E-state index contributed by atoms with van der Waals surface area (Å²) in [7, 11) is 0. The van der Waals surface area contributed by atoms with Crippen LogP contribution in [-0.2, 0) is 0 Å². The van der Waals surface area contributed by atoms with Gasteiger partial charge in [0.25, 0.3) is 0 Å². The number of hydrogen-bond acceptors (Lipinski definition) is 1. The van der Waals surface area contributed by atoms with Gasteiger partial charge in [-0.25, -0.2) is 0 Å². The second-order valence-corrected chi connectivity index (χ2v) is 4.67. The number of amides is 1. The van der Waals surface area contributed by atoms with Crippen LogP contribution in [0.1, 0.15) is 10.4 Å². The highest BCUT2D eigenvalue weighted by Gasteiger charge is 2.07. The largest absolute Gasteiger partial charge is 0.366 e. The van der Waals surface area contributed by atoms with Crippen LogP contribution in [-0.4, -0.2) is 5.91 Å². The summed E-state index contributed by atoms with van der Waals surface area (Å²) < 4.78 is 0. The molecule has 0 saturated heterocycles. The van der Waals surface area contributed by atoms with Crippen molar-refractivity contribution in [3.8, 4) is 0 Å². The van der Waals surface area contributed by atoms with Gasteiger partial charge in [0.05, 0.1) is 0 Å². The van der Waals surface area contributed by atoms with E-state index in [4.69, 9.17) is 17.3 Å². The molecule has 0 spiro atoms. The molecule has 0 heterocycles. The Balaban J connectivity index is 2.44. The van der Waals surface area contributed by atoms with Gasteiger partial charge in [-0.15, -0.1) is 0 Å². The van der Waals surface area contributed by atoms with Crippen LogP contribution in [0.5, 0.6) is 0 Å². The van der Waals surface area contributed by atoms with E-state index in [2.05, 4.69) is 0 Å². The van der Waals surface area contributed by atoms with Crippen molar-refractivity contribution in [1.82, 2.24) is 0 Å². The van der Waals surface area contributed by atoms with Crippen molar-refractivity contribution in [1.29, 1.82) is 0 Å². The van der Waals surface area contributed by atoms with E-state index in [1.807, 2.05) is 42.5 Å². The maximum Gasteiger partial charge on any atom is 0.249 e. The first-order valence-corrected chi connectivity index (χ1v) is 5.95. The molecule has 0 unspecified atom stereocenters. The first-order chi connectivity index (χ1) is 8.65. The van der Waals surface area contributed by atoms with Gasteiger partial charge in [0.2, 0.25) is 5.91 Å². The number of carbonyl (C=O) groups excluding carboxylic acids is 1. The van der Waals surface area contributed by atoms with Crippen LogP contribution in [0.3, 0.4) is 0 Å². The number of halogens is 1. The maximum atomic E-state index is 11.4. The molecule has 0 bridgehead atoms. The second-order valence-electron chi connectivity index (χ2n) is 4.23. The van der Waals surface area contributed by atoms with E-state index in [1.54, 1.807) is 6.07 Å². The summed E-state index contributed by atoms with van der Waals surface area (Å²) in [6.07, 6.45) is 0. The summed E-state index contributed by atoms with van der Waals surface area (Å²) in [4.78, 5) is 11.4. The molecule has 3 heteroatoms. The van der Waals surface area contributed by atoms with Crippen molar-refractivity contribution in [2.75, 3.05) is 0 Å². The van der Waals surface area contributed by atoms with Crippen LogP contribution < -0.4 is 5.73 Å². The lowest BCUT2D eigenvalue weighted by atomic mass is 9.99. The van der Waals surface area contributed by atoms with Crippen molar-refractivity contribution in [2.45, 2.75) is 0 Å². The molecule has 3 rings (SSSR count). The molecule has 0 radical (unpaired) electrons. The average Bonchev–Trinajstić information content (AvgIpc) is 2.35. The molecule has 3 aromatic rings. The Morgan fingerprint density at radius 2 is 1.78 bits per heavy atom. The van der Waals surface area contributed by atoms with Crippen LogP contribution in [0.2, 0.25) is 5.02 Å². The van der Waals surface area contributed by atoms with Crippen LogP contribution in [0.15, 0.2) is 48.5 Å². The van der Waals surface area contributed by atoms with Crippen molar-refractivity contribution in [3.63, 3.8) is 0 Å². The Hall–Kier alpha value is -2.06. The predicted octanol–water partition coefficient (Wildman–Crippen LogP) is 3.75. The van der Waals surface area contributed by atoms with Gasteiger partial charge in [-0.05, 0) is 51.9 Å². The van der Waals surface area contributed by atoms with Gasteiger partial charge in [-0.3, -0.25) is 4.79 Å². The normalized spacial score (nSPS) is 10.9. The zero-order valence-corrected chi connectivity index (χ0v) is 10.2. The molecule has 0 aliphatic carbocycles. The average molecular weight is 256 g/mol. The zero-order valence-electron chi connectivity index (χ0n) is 9.48. The molecular formula is C15H10ClNO. The highest BCUT2D eigenvalue weighted by molar-refractivity contribution is 6.31. The fraction of sp³-hybridized carbons (Fsp3) is 0. The van der Waals surface area contributed by atoms with Crippen LogP contribution in [0.25, 0.3) is 21.5 Å². The van der Waals surface area contributed by atoms with Gasteiger partial charge in [0.15, 0.2) is 0 Å². The molecular weight excluding hydrogens is 246 g/mol. The number of primary amides is 1. The molecule has 2 N–H and O–H groups in total. The number of carbonyl (C=O) groups is 1. The maximum absolute atomic E-state index is 11.4. The summed E-state index contributed by atoms with van der Waals surface area (Å²) in [5, 5.41) is 4.66. The molecule has 88 valence electrons. The summed E-state index contributed by atoms with van der Waals surface area (Å²) in [6.45, 7) is 0. The third-order valence-electron chi connectivity index (χ3n) is 3.06. The fourth-order valence-corrected chi connectivity index (χ4v) is 2.39. The van der Waals surface area contributed by atoms with Gasteiger partial charge in [-0.2, -0.15) is 0 Å². The molecule has 0 fully saturated rings. The lowest BCUT2D eigenvalue weighted by Gasteiger charge is -2.06. The molecule has 0 aliphatic rings. The van der Waals surface area contributed by atoms with Crippen molar-refractivity contribution >= 4 is 39.1 Å².